The Morgan fingerprint density at radius 1 is 0.900 bits per heavy atom. The minimum atomic E-state index is -0.110. The lowest BCUT2D eigenvalue weighted by molar-refractivity contribution is -0.664. The molecule has 4 rings (SSSR count). The first-order chi connectivity index (χ1) is 19.6. The van der Waals surface area contributed by atoms with Crippen molar-refractivity contribution < 1.29 is 24.9 Å². The SMILES string of the molecule is O=C(Cc1cccc(OCCCO)c1)NC1=CC=C(CCCCc2nnc(NC(=O)Cc3ccccc3)s2)N[NH2+]1. The van der Waals surface area contributed by atoms with Crippen molar-refractivity contribution in [2.24, 2.45) is 0 Å². The van der Waals surface area contributed by atoms with Gasteiger partial charge < -0.3 is 15.2 Å². The number of allylic oxidation sites excluding steroid dienone is 3. The number of unbranched alkanes of at least 4 members (excludes halogenated alkanes) is 1. The first kappa shape index (κ1) is 28.9. The van der Waals surface area contributed by atoms with Gasteiger partial charge >= 0.3 is 0 Å². The molecule has 210 valence electrons. The first-order valence-electron chi connectivity index (χ1n) is 13.4. The molecular weight excluding hydrogens is 528 g/mol. The van der Waals surface area contributed by atoms with Gasteiger partial charge in [-0.2, -0.15) is 5.43 Å². The van der Waals surface area contributed by atoms with Gasteiger partial charge in [0.05, 0.1) is 25.1 Å². The summed E-state index contributed by atoms with van der Waals surface area (Å²) >= 11 is 1.41. The number of hydrogen-bond donors (Lipinski definition) is 5. The molecule has 1 aromatic heterocycles. The highest BCUT2D eigenvalue weighted by Gasteiger charge is 2.14. The van der Waals surface area contributed by atoms with Crippen LogP contribution in [0.3, 0.4) is 0 Å². The van der Waals surface area contributed by atoms with Crippen molar-refractivity contribution in [3.8, 4) is 5.75 Å². The lowest BCUT2D eigenvalue weighted by Gasteiger charge is -2.15. The number of hydrogen-bond acceptors (Lipinski definition) is 8. The molecule has 1 aliphatic heterocycles. The van der Waals surface area contributed by atoms with Crippen molar-refractivity contribution in [1.29, 1.82) is 0 Å². The number of quaternary nitrogens is 1. The van der Waals surface area contributed by atoms with Gasteiger partial charge in [0.2, 0.25) is 22.8 Å². The summed E-state index contributed by atoms with van der Waals surface area (Å²) in [7, 11) is 0. The highest BCUT2D eigenvalue weighted by atomic mass is 32.1. The number of carbonyl (C=O) groups excluding carboxylic acids is 2. The number of aliphatic hydroxyl groups is 1. The number of carbonyl (C=O) groups is 2. The van der Waals surface area contributed by atoms with E-state index >= 15 is 0 Å². The van der Waals surface area contributed by atoms with E-state index < -0.39 is 0 Å². The smallest absolute Gasteiger partial charge is 0.232 e. The van der Waals surface area contributed by atoms with Crippen LogP contribution in [-0.4, -0.2) is 40.3 Å². The third kappa shape index (κ3) is 9.92. The van der Waals surface area contributed by atoms with Crippen LogP contribution >= 0.6 is 11.3 Å². The van der Waals surface area contributed by atoms with Crippen molar-refractivity contribution in [2.45, 2.75) is 44.9 Å². The first-order valence-corrected chi connectivity index (χ1v) is 14.2. The molecule has 2 aromatic carbocycles. The Hall–Kier alpha value is -4.06. The second-order valence-electron chi connectivity index (χ2n) is 9.32. The van der Waals surface area contributed by atoms with Crippen LogP contribution in [0.25, 0.3) is 0 Å². The van der Waals surface area contributed by atoms with Gasteiger partial charge in [0.1, 0.15) is 10.8 Å². The fraction of sp³-hybridized carbons (Fsp3) is 0.310. The van der Waals surface area contributed by atoms with Crippen LogP contribution in [0.2, 0.25) is 0 Å². The lowest BCUT2D eigenvalue weighted by Crippen LogP contribution is -2.93. The van der Waals surface area contributed by atoms with Gasteiger partial charge in [-0.1, -0.05) is 53.8 Å². The van der Waals surface area contributed by atoms with Crippen molar-refractivity contribution in [2.75, 3.05) is 18.5 Å². The van der Waals surface area contributed by atoms with Gasteiger partial charge in [-0.25, -0.2) is 5.43 Å². The number of anilines is 1. The average molecular weight is 564 g/mol. The maximum absolute atomic E-state index is 12.5. The van der Waals surface area contributed by atoms with E-state index in [0.29, 0.717) is 36.2 Å². The molecular formula is C29H35N6O4S+. The zero-order valence-corrected chi connectivity index (χ0v) is 23.1. The summed E-state index contributed by atoms with van der Waals surface area (Å²) in [4.78, 5) is 24.7. The van der Waals surface area contributed by atoms with Gasteiger partial charge in [-0.05, 0) is 48.6 Å². The van der Waals surface area contributed by atoms with Crippen LogP contribution in [0.15, 0.2) is 78.3 Å². The molecule has 0 unspecified atom stereocenters. The largest absolute Gasteiger partial charge is 0.493 e. The van der Waals surface area contributed by atoms with Gasteiger partial charge in [0.15, 0.2) is 0 Å². The standard InChI is InChI=1S/C29H34N6O4S/c36-16-7-17-39-24-12-6-10-22(18-24)20-26(37)30-25-15-14-23(32-33-25)11-4-5-13-28-34-35-29(40-28)31-27(38)19-21-8-2-1-3-9-21/h1-3,6,8-10,12,14-15,18,32-33,36H,4-5,7,11,13,16-17,19-20H2,(H,30,37)(H,31,35,38)/p+1. The maximum atomic E-state index is 12.5. The van der Waals surface area contributed by atoms with Crippen LogP contribution in [-0.2, 0) is 28.9 Å². The minimum absolute atomic E-state index is 0.0845. The highest BCUT2D eigenvalue weighted by Crippen LogP contribution is 2.19. The topological polar surface area (TPSA) is 142 Å². The molecule has 6 N–H and O–H groups in total. The number of nitrogens with two attached hydrogens (primary N) is 1. The number of aromatic nitrogens is 2. The number of benzene rings is 2. The summed E-state index contributed by atoms with van der Waals surface area (Å²) in [5.74, 6) is 1.19. The molecule has 0 radical (unpaired) electrons. The number of amides is 2. The Morgan fingerprint density at radius 3 is 2.48 bits per heavy atom. The second kappa shape index (κ2) is 15.5. The molecule has 0 aliphatic carbocycles. The molecule has 2 heterocycles. The van der Waals surface area contributed by atoms with Crippen LogP contribution in [0.5, 0.6) is 5.75 Å². The number of ether oxygens (including phenoxy) is 1. The Labute approximate surface area is 237 Å². The Balaban J connectivity index is 1.13. The zero-order valence-electron chi connectivity index (χ0n) is 22.3. The fourth-order valence-corrected chi connectivity index (χ4v) is 4.82. The number of nitrogens with one attached hydrogen (secondary N) is 3. The molecule has 2 amide bonds. The molecule has 11 heteroatoms. The quantitative estimate of drug-likeness (QED) is 0.141. The molecule has 10 nitrogen and oxygen atoms in total. The summed E-state index contributed by atoms with van der Waals surface area (Å²) in [6, 6.07) is 17.0. The number of aliphatic hydroxyl groups excluding tert-OH is 1. The average Bonchev–Trinajstić information content (AvgIpc) is 3.39. The van der Waals surface area contributed by atoms with E-state index in [-0.39, 0.29) is 24.8 Å². The number of rotatable bonds is 15. The van der Waals surface area contributed by atoms with Gasteiger partial charge in [-0.15, -0.1) is 10.2 Å². The van der Waals surface area contributed by atoms with E-state index in [4.69, 9.17) is 9.84 Å². The van der Waals surface area contributed by atoms with Crippen molar-refractivity contribution >= 4 is 28.3 Å². The molecule has 0 saturated heterocycles. The third-order valence-electron chi connectivity index (χ3n) is 6.00. The summed E-state index contributed by atoms with van der Waals surface area (Å²) in [5, 5.41) is 24.4. The molecule has 40 heavy (non-hydrogen) atoms. The van der Waals surface area contributed by atoms with E-state index in [1.165, 1.54) is 11.3 Å². The monoisotopic (exact) mass is 563 g/mol. The normalized spacial score (nSPS) is 12.6. The predicted octanol–water partition coefficient (Wildman–Crippen LogP) is 2.36. The van der Waals surface area contributed by atoms with E-state index in [0.717, 1.165) is 47.5 Å². The van der Waals surface area contributed by atoms with Crippen molar-refractivity contribution in [3.05, 3.63) is 94.4 Å². The molecule has 0 atom stereocenters. The molecule has 0 fully saturated rings. The maximum Gasteiger partial charge on any atom is 0.232 e. The molecule has 0 bridgehead atoms. The van der Waals surface area contributed by atoms with Crippen molar-refractivity contribution in [1.82, 2.24) is 20.9 Å². The summed E-state index contributed by atoms with van der Waals surface area (Å²) in [5.41, 5.74) is 7.96. The van der Waals surface area contributed by atoms with E-state index in [9.17, 15) is 9.59 Å². The van der Waals surface area contributed by atoms with Crippen LogP contribution < -0.4 is 26.2 Å². The minimum Gasteiger partial charge on any atom is -0.493 e. The summed E-state index contributed by atoms with van der Waals surface area (Å²) in [6.45, 7) is 0.522. The van der Waals surface area contributed by atoms with Gasteiger partial charge in [0, 0.05) is 25.5 Å². The lowest BCUT2D eigenvalue weighted by atomic mass is 10.1. The van der Waals surface area contributed by atoms with Crippen LogP contribution in [0, 0.1) is 0 Å². The van der Waals surface area contributed by atoms with Crippen LogP contribution in [0.4, 0.5) is 5.13 Å². The Morgan fingerprint density at radius 2 is 1.68 bits per heavy atom. The number of aryl methyl sites for hydroxylation is 1. The Bertz CT molecular complexity index is 1320. The number of nitrogens with zero attached hydrogens (tertiary/aromatic N) is 2. The molecule has 0 spiro atoms. The second-order valence-corrected chi connectivity index (χ2v) is 10.4. The molecule has 1 aliphatic rings. The third-order valence-corrected chi connectivity index (χ3v) is 6.90. The van der Waals surface area contributed by atoms with E-state index in [1.807, 2.05) is 66.7 Å². The van der Waals surface area contributed by atoms with Gasteiger partial charge in [-0.3, -0.25) is 14.9 Å². The Kier molecular flexibility index (Phi) is 11.2. The van der Waals surface area contributed by atoms with Crippen molar-refractivity contribution in [3.63, 3.8) is 0 Å². The molecule has 0 saturated carbocycles. The fourth-order valence-electron chi connectivity index (χ4n) is 4.02. The van der Waals surface area contributed by atoms with Gasteiger partial charge in [0.25, 0.3) is 0 Å². The van der Waals surface area contributed by atoms with E-state index in [1.54, 1.807) is 5.43 Å². The highest BCUT2D eigenvalue weighted by molar-refractivity contribution is 7.15. The summed E-state index contributed by atoms with van der Waals surface area (Å²) < 4.78 is 5.58. The zero-order chi connectivity index (χ0) is 28.0. The summed E-state index contributed by atoms with van der Waals surface area (Å²) in [6.07, 6.45) is 8.58. The van der Waals surface area contributed by atoms with E-state index in [2.05, 4.69) is 26.3 Å². The predicted molar refractivity (Wildman–Crippen MR) is 153 cm³/mol. The molecule has 3 aromatic rings. The van der Waals surface area contributed by atoms with Crippen LogP contribution in [0.1, 0.15) is 41.8 Å².